The molecule has 3 aromatic rings. The fourth-order valence-corrected chi connectivity index (χ4v) is 3.73. The first-order chi connectivity index (χ1) is 16.3. The molecule has 2 unspecified atom stereocenters. The van der Waals surface area contributed by atoms with Crippen LogP contribution in [0.5, 0.6) is 23.0 Å². The van der Waals surface area contributed by atoms with E-state index in [-0.39, 0.29) is 28.2 Å². The van der Waals surface area contributed by atoms with E-state index in [4.69, 9.17) is 23.4 Å². The summed E-state index contributed by atoms with van der Waals surface area (Å²) in [7, 11) is 2.77. The number of phenols is 1. The van der Waals surface area contributed by atoms with Gasteiger partial charge in [-0.05, 0) is 24.3 Å². The minimum Gasteiger partial charge on any atom is -0.502 e. The molecule has 5 atom stereocenters. The Bertz CT molecular complexity index is 1220. The number of hydrogen-bond donors (Lipinski definition) is 5. The summed E-state index contributed by atoms with van der Waals surface area (Å²) >= 11 is 0. The van der Waals surface area contributed by atoms with Crippen molar-refractivity contribution in [3.05, 3.63) is 46.6 Å². The summed E-state index contributed by atoms with van der Waals surface area (Å²) in [6.07, 6.45) is -7.76. The highest BCUT2D eigenvalue weighted by Crippen LogP contribution is 2.43. The number of rotatable bonds is 6. The van der Waals surface area contributed by atoms with Crippen molar-refractivity contribution in [1.29, 1.82) is 0 Å². The van der Waals surface area contributed by atoms with Crippen molar-refractivity contribution in [2.75, 3.05) is 20.8 Å². The zero-order valence-electron chi connectivity index (χ0n) is 18.2. The van der Waals surface area contributed by atoms with Crippen LogP contribution in [0, 0.1) is 0 Å². The Morgan fingerprint density at radius 3 is 2.29 bits per heavy atom. The van der Waals surface area contributed by atoms with Gasteiger partial charge in [0.1, 0.15) is 46.9 Å². The maximum absolute atomic E-state index is 12.9. The van der Waals surface area contributed by atoms with Crippen LogP contribution in [0.1, 0.15) is 0 Å². The second-order valence-corrected chi connectivity index (χ2v) is 7.65. The van der Waals surface area contributed by atoms with Gasteiger partial charge in [0, 0.05) is 17.7 Å². The maximum Gasteiger partial charge on any atom is 0.229 e. The molecule has 182 valence electrons. The Hall–Kier alpha value is -3.35. The third-order valence-electron chi connectivity index (χ3n) is 5.58. The van der Waals surface area contributed by atoms with Gasteiger partial charge in [0.25, 0.3) is 0 Å². The molecule has 2 aromatic carbocycles. The van der Waals surface area contributed by atoms with Crippen molar-refractivity contribution in [3.8, 4) is 34.3 Å². The van der Waals surface area contributed by atoms with Crippen LogP contribution in [-0.4, -0.2) is 77.1 Å². The molecular weight excluding hydrogens is 452 g/mol. The van der Waals surface area contributed by atoms with Gasteiger partial charge in [-0.25, -0.2) is 0 Å². The van der Waals surface area contributed by atoms with E-state index in [1.807, 2.05) is 0 Å². The van der Waals surface area contributed by atoms with Gasteiger partial charge in [-0.2, -0.15) is 0 Å². The zero-order chi connectivity index (χ0) is 24.6. The molecular formula is C23H24O11. The van der Waals surface area contributed by atoms with Crippen LogP contribution in [0.25, 0.3) is 22.3 Å². The lowest BCUT2D eigenvalue weighted by Gasteiger charge is -2.39. The Morgan fingerprint density at radius 1 is 0.971 bits per heavy atom. The van der Waals surface area contributed by atoms with Crippen LogP contribution in [0.4, 0.5) is 0 Å². The maximum atomic E-state index is 12.9. The smallest absolute Gasteiger partial charge is 0.229 e. The van der Waals surface area contributed by atoms with Crippen molar-refractivity contribution in [3.63, 3.8) is 0 Å². The normalized spacial score (nSPS) is 24.7. The molecule has 11 heteroatoms. The van der Waals surface area contributed by atoms with Crippen molar-refractivity contribution in [2.45, 2.75) is 30.7 Å². The van der Waals surface area contributed by atoms with Gasteiger partial charge in [0.15, 0.2) is 16.9 Å². The number of aliphatic hydroxyl groups excluding tert-OH is 4. The number of hydrogen-bond acceptors (Lipinski definition) is 11. The number of aromatic hydroxyl groups is 1. The zero-order valence-corrected chi connectivity index (χ0v) is 18.2. The highest BCUT2D eigenvalue weighted by molar-refractivity contribution is 5.89. The van der Waals surface area contributed by atoms with E-state index < -0.39 is 48.5 Å². The predicted molar refractivity (Wildman–Crippen MR) is 117 cm³/mol. The van der Waals surface area contributed by atoms with Gasteiger partial charge in [-0.3, -0.25) is 4.79 Å². The average molecular weight is 476 g/mol. The molecule has 34 heavy (non-hydrogen) atoms. The van der Waals surface area contributed by atoms with Gasteiger partial charge in [-0.15, -0.1) is 0 Å². The Labute approximate surface area is 192 Å². The molecule has 1 saturated heterocycles. The first kappa shape index (κ1) is 23.8. The topological polar surface area (TPSA) is 168 Å². The molecule has 0 radical (unpaired) electrons. The van der Waals surface area contributed by atoms with Crippen LogP contribution in [0.15, 0.2) is 45.6 Å². The van der Waals surface area contributed by atoms with Crippen LogP contribution in [-0.2, 0) is 4.74 Å². The molecule has 4 rings (SSSR count). The van der Waals surface area contributed by atoms with Crippen molar-refractivity contribution in [1.82, 2.24) is 0 Å². The number of fused-ring (bicyclic) bond motifs is 1. The molecule has 11 nitrogen and oxygen atoms in total. The Balaban J connectivity index is 1.78. The fraction of sp³-hybridized carbons (Fsp3) is 0.348. The summed E-state index contributed by atoms with van der Waals surface area (Å²) < 4.78 is 27.1. The lowest BCUT2D eigenvalue weighted by molar-refractivity contribution is -0.277. The van der Waals surface area contributed by atoms with Gasteiger partial charge in [0.05, 0.1) is 20.8 Å². The fourth-order valence-electron chi connectivity index (χ4n) is 3.73. The lowest BCUT2D eigenvalue weighted by atomic mass is 9.99. The third kappa shape index (κ3) is 4.15. The molecule has 5 N–H and O–H groups in total. The van der Waals surface area contributed by atoms with Crippen LogP contribution < -0.4 is 19.6 Å². The van der Waals surface area contributed by atoms with Gasteiger partial charge >= 0.3 is 0 Å². The summed E-state index contributed by atoms with van der Waals surface area (Å²) in [6.45, 7) is -0.655. The molecule has 0 spiro atoms. The van der Waals surface area contributed by atoms with Crippen LogP contribution in [0.3, 0.4) is 0 Å². The molecule has 0 saturated carbocycles. The first-order valence-corrected chi connectivity index (χ1v) is 10.3. The summed E-state index contributed by atoms with van der Waals surface area (Å²) in [5, 5.41) is 50.2. The third-order valence-corrected chi connectivity index (χ3v) is 5.58. The summed E-state index contributed by atoms with van der Waals surface area (Å²) in [5.74, 6) is -0.243. The van der Waals surface area contributed by atoms with E-state index in [1.54, 1.807) is 24.3 Å². The molecule has 1 aliphatic rings. The molecule has 1 fully saturated rings. The second kappa shape index (κ2) is 9.49. The minimum absolute atomic E-state index is 0.00700. The van der Waals surface area contributed by atoms with E-state index in [9.17, 15) is 30.3 Å². The van der Waals surface area contributed by atoms with Crippen LogP contribution in [0.2, 0.25) is 0 Å². The van der Waals surface area contributed by atoms with E-state index in [0.29, 0.717) is 11.3 Å². The van der Waals surface area contributed by atoms with E-state index in [1.165, 1.54) is 26.4 Å². The molecule has 1 aliphatic heterocycles. The van der Waals surface area contributed by atoms with E-state index in [2.05, 4.69) is 0 Å². The number of benzene rings is 2. The average Bonchev–Trinajstić information content (AvgIpc) is 2.85. The van der Waals surface area contributed by atoms with E-state index in [0.717, 1.165) is 0 Å². The number of phenolic OH excluding ortho intramolecular Hbond substituents is 1. The largest absolute Gasteiger partial charge is 0.502 e. The highest BCUT2D eigenvalue weighted by Gasteiger charge is 2.45. The molecule has 0 bridgehead atoms. The molecule has 2 heterocycles. The van der Waals surface area contributed by atoms with Crippen molar-refractivity contribution < 1.29 is 48.9 Å². The Morgan fingerprint density at radius 2 is 1.68 bits per heavy atom. The number of ether oxygens (including phenoxy) is 4. The van der Waals surface area contributed by atoms with Crippen molar-refractivity contribution in [2.24, 2.45) is 0 Å². The van der Waals surface area contributed by atoms with Gasteiger partial charge < -0.3 is 48.9 Å². The Kier molecular flexibility index (Phi) is 6.64. The number of aliphatic hydroxyl groups is 4. The quantitative estimate of drug-likeness (QED) is 0.333. The highest BCUT2D eigenvalue weighted by atomic mass is 16.7. The van der Waals surface area contributed by atoms with Gasteiger partial charge in [-0.1, -0.05) is 0 Å². The summed E-state index contributed by atoms with van der Waals surface area (Å²) in [6, 6.07) is 9.26. The molecule has 0 amide bonds. The summed E-state index contributed by atoms with van der Waals surface area (Å²) in [4.78, 5) is 12.9. The number of methoxy groups -OCH3 is 2. The lowest BCUT2D eigenvalue weighted by Crippen LogP contribution is -2.60. The minimum atomic E-state index is -1.71. The van der Waals surface area contributed by atoms with Gasteiger partial charge in [0.2, 0.25) is 12.0 Å². The second-order valence-electron chi connectivity index (χ2n) is 7.65. The molecule has 1 aromatic heterocycles. The summed E-state index contributed by atoms with van der Waals surface area (Å²) in [5.41, 5.74) is 0.106. The monoisotopic (exact) mass is 476 g/mol. The SMILES string of the molecule is COc1ccc(-c2cc(=O)c3c(OC)c(O)c(O[C@@H]4OC(CO)[C@@H](O)[C@H](O)C4O)cc3o2)cc1. The molecule has 0 aliphatic carbocycles. The van der Waals surface area contributed by atoms with E-state index >= 15 is 0 Å². The predicted octanol–water partition coefficient (Wildman–Crippen LogP) is 0.361. The van der Waals surface area contributed by atoms with Crippen LogP contribution >= 0.6 is 0 Å². The standard InChI is InChI=1S/C23H24O11/c1-30-11-5-3-10(4-6-11)13-7-12(25)17-14(32-13)8-15(19(27)22(17)31-2)33-23-21(29)20(28)18(26)16(9-24)34-23/h3-8,16,18,20-21,23-24,26-29H,9H2,1-2H3/t16?,18-,20+,21?,23-/m1/s1. The van der Waals surface area contributed by atoms with Crippen molar-refractivity contribution >= 4 is 11.0 Å². The first-order valence-electron chi connectivity index (χ1n) is 10.3.